The number of nitrogens with zero attached hydrogens (tertiary/aromatic N) is 1. The van der Waals surface area contributed by atoms with Crippen LogP contribution >= 0.6 is 0 Å². The largest absolute Gasteiger partial charge is 0.549 e. The van der Waals surface area contributed by atoms with Crippen LogP contribution in [0.1, 0.15) is 30.6 Å². The van der Waals surface area contributed by atoms with Crippen molar-refractivity contribution in [2.24, 2.45) is 5.92 Å². The normalized spacial score (nSPS) is 28.2. The molecule has 124 valence electrons. The molecule has 2 aliphatic heterocycles. The summed E-state index contributed by atoms with van der Waals surface area (Å²) in [6.07, 6.45) is 1.91. The minimum atomic E-state index is -1.35. The minimum Gasteiger partial charge on any atom is -0.549 e. The molecule has 24 heavy (non-hydrogen) atoms. The average molecular weight is 326 g/mol. The number of hydrogen-bond acceptors (Lipinski definition) is 5. The third-order valence-electron chi connectivity index (χ3n) is 4.90. The van der Waals surface area contributed by atoms with Gasteiger partial charge in [-0.05, 0) is 30.7 Å². The van der Waals surface area contributed by atoms with E-state index >= 15 is 0 Å². The zero-order valence-electron chi connectivity index (χ0n) is 13.1. The summed E-state index contributed by atoms with van der Waals surface area (Å²) < 4.78 is 11.4. The molecule has 0 aliphatic carbocycles. The quantitative estimate of drug-likeness (QED) is 0.793. The van der Waals surface area contributed by atoms with E-state index in [2.05, 4.69) is 0 Å². The van der Waals surface area contributed by atoms with E-state index in [1.165, 1.54) is 11.2 Å². The summed E-state index contributed by atoms with van der Waals surface area (Å²) in [6.45, 7) is 1.96. The number of piperidine rings is 1. The van der Waals surface area contributed by atoms with E-state index in [9.17, 15) is 14.7 Å². The van der Waals surface area contributed by atoms with E-state index in [0.29, 0.717) is 17.9 Å². The number of carboxylic acid groups (broad SMARTS) is 1. The molecule has 1 fully saturated rings. The van der Waals surface area contributed by atoms with Crippen LogP contribution in [0.15, 0.2) is 47.1 Å². The van der Waals surface area contributed by atoms with Crippen LogP contribution in [0.2, 0.25) is 0 Å². The Morgan fingerprint density at radius 1 is 1.33 bits per heavy atom. The first-order valence-corrected chi connectivity index (χ1v) is 7.82. The first-order chi connectivity index (χ1) is 11.5. The van der Waals surface area contributed by atoms with Crippen molar-refractivity contribution in [3.63, 3.8) is 0 Å². The van der Waals surface area contributed by atoms with E-state index < -0.39 is 29.4 Å². The summed E-state index contributed by atoms with van der Waals surface area (Å²) in [6, 6.07) is 10.7. The summed E-state index contributed by atoms with van der Waals surface area (Å²) in [5.74, 6) is -2.35. The molecule has 3 atom stereocenters. The van der Waals surface area contributed by atoms with Gasteiger partial charge in [0.05, 0.1) is 24.7 Å². The van der Waals surface area contributed by atoms with Gasteiger partial charge in [0.25, 0.3) is 0 Å². The third kappa shape index (κ3) is 2.10. The predicted molar refractivity (Wildman–Crippen MR) is 80.6 cm³/mol. The number of carbonyl (C=O) groups is 2. The van der Waals surface area contributed by atoms with Crippen molar-refractivity contribution in [3.8, 4) is 5.75 Å². The number of carboxylic acids is 1. The number of rotatable bonds is 3. The van der Waals surface area contributed by atoms with Crippen molar-refractivity contribution in [1.82, 2.24) is 4.90 Å². The molecule has 0 saturated carbocycles. The Morgan fingerprint density at radius 2 is 2.12 bits per heavy atom. The lowest BCUT2D eigenvalue weighted by Gasteiger charge is -2.53. The average Bonchev–Trinajstić information content (AvgIpc) is 3.04. The van der Waals surface area contributed by atoms with Crippen LogP contribution in [-0.2, 0) is 16.1 Å². The monoisotopic (exact) mass is 326 g/mol. The molecule has 3 heterocycles. The lowest BCUT2D eigenvalue weighted by Crippen LogP contribution is -2.64. The highest BCUT2D eigenvalue weighted by atomic mass is 16.5. The van der Waals surface area contributed by atoms with E-state index in [1.54, 1.807) is 18.2 Å². The van der Waals surface area contributed by atoms with Crippen LogP contribution < -0.4 is 9.84 Å². The number of furan rings is 1. The van der Waals surface area contributed by atoms with Gasteiger partial charge in [-0.1, -0.05) is 18.2 Å². The summed E-state index contributed by atoms with van der Waals surface area (Å²) in [7, 11) is 0. The smallest absolute Gasteiger partial charge is 0.235 e. The second-order valence-corrected chi connectivity index (χ2v) is 6.43. The van der Waals surface area contributed by atoms with Gasteiger partial charge in [0.2, 0.25) is 5.91 Å². The molecule has 0 N–H and O–H groups in total. The molecule has 6 nitrogen and oxygen atoms in total. The number of hydrogen-bond donors (Lipinski definition) is 0. The fraction of sp³-hybridized carbons (Fsp3) is 0.333. The first-order valence-electron chi connectivity index (χ1n) is 7.82. The molecule has 0 unspecified atom stereocenters. The van der Waals surface area contributed by atoms with Crippen LogP contribution in [0.25, 0.3) is 0 Å². The molecule has 1 aromatic heterocycles. The topological polar surface area (TPSA) is 82.8 Å². The molecule has 2 bridgehead atoms. The van der Waals surface area contributed by atoms with Gasteiger partial charge in [0, 0.05) is 12.3 Å². The molecule has 4 rings (SSSR count). The number of carbonyl (C=O) groups excluding carboxylic acids is 2. The maximum atomic E-state index is 12.9. The Bertz CT molecular complexity index is 800. The van der Waals surface area contributed by atoms with Gasteiger partial charge < -0.3 is 19.1 Å². The van der Waals surface area contributed by atoms with Crippen LogP contribution in [0.5, 0.6) is 5.75 Å². The summed E-state index contributed by atoms with van der Waals surface area (Å²) >= 11 is 0. The Balaban J connectivity index is 1.81. The Hall–Kier alpha value is -2.76. The van der Waals surface area contributed by atoms with Crippen molar-refractivity contribution < 1.29 is 23.8 Å². The summed E-state index contributed by atoms with van der Waals surface area (Å²) in [5, 5.41) is 11.7. The second-order valence-electron chi connectivity index (χ2n) is 6.43. The van der Waals surface area contributed by atoms with E-state index in [4.69, 9.17) is 9.15 Å². The van der Waals surface area contributed by atoms with Gasteiger partial charge in [-0.3, -0.25) is 9.69 Å². The van der Waals surface area contributed by atoms with Crippen molar-refractivity contribution in [2.75, 3.05) is 0 Å². The number of fused-ring (bicyclic) bond motifs is 4. The van der Waals surface area contributed by atoms with Gasteiger partial charge in [-0.2, -0.15) is 0 Å². The molecular weight excluding hydrogens is 310 g/mol. The fourth-order valence-electron chi connectivity index (χ4n) is 3.78. The number of para-hydroxylation sites is 1. The Kier molecular flexibility index (Phi) is 3.16. The van der Waals surface area contributed by atoms with Crippen LogP contribution in [0.4, 0.5) is 0 Å². The van der Waals surface area contributed by atoms with Gasteiger partial charge in [-0.15, -0.1) is 0 Å². The second kappa shape index (κ2) is 5.12. The SMILES string of the molecule is C[C@]12C[C@H](c3ccccc3O1)[C@H](C(=O)[O-])C(=O)N2Cc1ccco1. The number of likely N-dealkylation sites (tertiary alicyclic amines) is 1. The summed E-state index contributed by atoms with van der Waals surface area (Å²) in [5.41, 5.74) is -0.176. The highest BCUT2D eigenvalue weighted by Crippen LogP contribution is 2.50. The zero-order chi connectivity index (χ0) is 16.9. The molecule has 2 aliphatic rings. The zero-order valence-corrected chi connectivity index (χ0v) is 13.1. The van der Waals surface area contributed by atoms with Gasteiger partial charge in [0.15, 0.2) is 5.72 Å². The molecule has 6 heteroatoms. The standard InChI is InChI=1S/C18H17NO5/c1-18-9-13(12-6-2-3-7-14(12)24-18)15(17(21)22)16(20)19(18)10-11-5-4-8-23-11/h2-8,13,15H,9-10H2,1H3,(H,21,22)/p-1/t13-,15+,18-/m1/s1. The lowest BCUT2D eigenvalue weighted by atomic mass is 9.73. The minimum absolute atomic E-state index is 0.154. The molecule has 1 aromatic carbocycles. The van der Waals surface area contributed by atoms with Crippen molar-refractivity contribution in [1.29, 1.82) is 0 Å². The maximum Gasteiger partial charge on any atom is 0.235 e. The Labute approximate surface area is 138 Å². The van der Waals surface area contributed by atoms with Crippen LogP contribution in [-0.4, -0.2) is 22.5 Å². The molecular formula is C18H16NO5-. The van der Waals surface area contributed by atoms with Gasteiger partial charge in [-0.25, -0.2) is 0 Å². The van der Waals surface area contributed by atoms with E-state index in [0.717, 1.165) is 5.56 Å². The van der Waals surface area contributed by atoms with Crippen molar-refractivity contribution in [2.45, 2.75) is 31.5 Å². The molecule has 2 aromatic rings. The van der Waals surface area contributed by atoms with E-state index in [-0.39, 0.29) is 6.54 Å². The van der Waals surface area contributed by atoms with Gasteiger partial charge >= 0.3 is 0 Å². The summed E-state index contributed by atoms with van der Waals surface area (Å²) in [4.78, 5) is 26.1. The number of ether oxygens (including phenoxy) is 1. The molecule has 1 saturated heterocycles. The Morgan fingerprint density at radius 3 is 2.83 bits per heavy atom. The molecule has 0 radical (unpaired) electrons. The highest BCUT2D eigenvalue weighted by molar-refractivity contribution is 5.98. The number of benzene rings is 1. The molecule has 0 spiro atoms. The maximum absolute atomic E-state index is 12.9. The van der Waals surface area contributed by atoms with E-state index in [1.807, 2.05) is 25.1 Å². The van der Waals surface area contributed by atoms with Crippen molar-refractivity contribution in [3.05, 3.63) is 54.0 Å². The lowest BCUT2D eigenvalue weighted by molar-refractivity contribution is -0.313. The van der Waals surface area contributed by atoms with Gasteiger partial charge in [0.1, 0.15) is 11.5 Å². The van der Waals surface area contributed by atoms with Crippen LogP contribution in [0.3, 0.4) is 0 Å². The first kappa shape index (κ1) is 14.8. The number of aliphatic carboxylic acids is 1. The number of amides is 1. The molecule has 1 amide bonds. The predicted octanol–water partition coefficient (Wildman–Crippen LogP) is 1.27. The highest BCUT2D eigenvalue weighted by Gasteiger charge is 2.54. The van der Waals surface area contributed by atoms with Crippen molar-refractivity contribution >= 4 is 11.9 Å². The third-order valence-corrected chi connectivity index (χ3v) is 4.90. The fourth-order valence-corrected chi connectivity index (χ4v) is 3.78. The van der Waals surface area contributed by atoms with Crippen LogP contribution in [0, 0.1) is 5.92 Å².